The summed E-state index contributed by atoms with van der Waals surface area (Å²) < 4.78 is 0. The van der Waals surface area contributed by atoms with Crippen molar-refractivity contribution in [2.24, 2.45) is 0 Å². The molecule has 1 aromatic carbocycles. The van der Waals surface area contributed by atoms with Gasteiger partial charge in [-0.1, -0.05) is 6.07 Å². The van der Waals surface area contributed by atoms with E-state index >= 15 is 0 Å². The van der Waals surface area contributed by atoms with Gasteiger partial charge >= 0.3 is 0 Å². The van der Waals surface area contributed by atoms with Gasteiger partial charge in [0.1, 0.15) is 5.69 Å². The molecule has 0 bridgehead atoms. The highest BCUT2D eigenvalue weighted by molar-refractivity contribution is 5.97. The summed E-state index contributed by atoms with van der Waals surface area (Å²) in [5.74, 6) is 0. The quantitative estimate of drug-likeness (QED) is 0.498. The van der Waals surface area contributed by atoms with Gasteiger partial charge in [0.2, 0.25) is 0 Å². The van der Waals surface area contributed by atoms with E-state index in [1.807, 2.05) is 30.6 Å². The van der Waals surface area contributed by atoms with Crippen molar-refractivity contribution in [1.29, 1.82) is 0 Å². The molecule has 0 spiro atoms. The van der Waals surface area contributed by atoms with Crippen LogP contribution in [0.4, 0.5) is 0 Å². The molecular weight excluding hydrogens is 348 g/mol. The summed E-state index contributed by atoms with van der Waals surface area (Å²) in [6.07, 6.45) is 5.63. The number of benzene rings is 1. The number of aromatic amines is 2. The van der Waals surface area contributed by atoms with Crippen molar-refractivity contribution < 1.29 is 0 Å². The fraction of sp³-hybridized carbons (Fsp3) is 0.136. The third-order valence-corrected chi connectivity index (χ3v) is 4.83. The lowest BCUT2D eigenvalue weighted by atomic mass is 10.0. The van der Waals surface area contributed by atoms with Gasteiger partial charge in [-0.05, 0) is 61.6 Å². The molecule has 28 heavy (non-hydrogen) atoms. The van der Waals surface area contributed by atoms with Crippen LogP contribution >= 0.6 is 0 Å². The van der Waals surface area contributed by atoms with Crippen LogP contribution in [0.25, 0.3) is 44.5 Å². The first-order valence-corrected chi connectivity index (χ1v) is 9.19. The van der Waals surface area contributed by atoms with Crippen molar-refractivity contribution in [1.82, 2.24) is 30.0 Å². The van der Waals surface area contributed by atoms with E-state index in [0.29, 0.717) is 0 Å². The van der Waals surface area contributed by atoms with Crippen molar-refractivity contribution in [3.63, 3.8) is 0 Å². The van der Waals surface area contributed by atoms with E-state index in [9.17, 15) is 0 Å². The molecule has 0 fully saturated rings. The summed E-state index contributed by atoms with van der Waals surface area (Å²) in [5, 5.41) is 8.75. The van der Waals surface area contributed by atoms with Crippen LogP contribution in [0.5, 0.6) is 0 Å². The number of nitrogens with zero attached hydrogens (tertiary/aromatic N) is 4. The Hall–Kier alpha value is -3.51. The Morgan fingerprint density at radius 1 is 0.964 bits per heavy atom. The molecule has 0 amide bonds. The Labute approximate surface area is 162 Å². The lowest BCUT2D eigenvalue weighted by Gasteiger charge is -2.10. The van der Waals surface area contributed by atoms with E-state index in [2.05, 4.69) is 68.4 Å². The van der Waals surface area contributed by atoms with E-state index in [4.69, 9.17) is 0 Å². The Bertz CT molecular complexity index is 1250. The fourth-order valence-electron chi connectivity index (χ4n) is 3.58. The number of hydrogen-bond acceptors (Lipinski definition) is 4. The average Bonchev–Trinajstić information content (AvgIpc) is 3.30. The Morgan fingerprint density at radius 2 is 1.89 bits per heavy atom. The monoisotopic (exact) mass is 368 g/mol. The minimum Gasteiger partial charge on any atom is -0.352 e. The van der Waals surface area contributed by atoms with E-state index in [-0.39, 0.29) is 0 Å². The third-order valence-electron chi connectivity index (χ3n) is 4.83. The summed E-state index contributed by atoms with van der Waals surface area (Å²) in [4.78, 5) is 14.4. The van der Waals surface area contributed by atoms with E-state index < -0.39 is 0 Å². The molecule has 4 aromatic heterocycles. The van der Waals surface area contributed by atoms with Crippen LogP contribution in [-0.2, 0) is 6.54 Å². The molecule has 5 rings (SSSR count). The maximum absolute atomic E-state index is 4.55. The molecule has 0 aliphatic rings. The maximum atomic E-state index is 4.55. The molecule has 0 saturated heterocycles. The maximum Gasteiger partial charge on any atom is 0.116 e. The predicted molar refractivity (Wildman–Crippen MR) is 112 cm³/mol. The first kappa shape index (κ1) is 16.6. The number of fused-ring (bicyclic) bond motifs is 2. The number of pyridine rings is 2. The second-order valence-corrected chi connectivity index (χ2v) is 7.27. The average molecular weight is 368 g/mol. The highest BCUT2D eigenvalue weighted by Crippen LogP contribution is 2.31. The molecule has 138 valence electrons. The standard InChI is InChI=1S/C22H20N6/c1-28(2)13-14-8-16(12-23-11-14)15-5-6-18-17(9-15)22(27-26-18)21-10-20-19(25-21)4-3-7-24-20/h3-12,25H,13H2,1-2H3,(H,26,27). The van der Waals surface area contributed by atoms with E-state index in [1.165, 1.54) is 5.56 Å². The molecule has 0 radical (unpaired) electrons. The predicted octanol–water partition coefficient (Wildman–Crippen LogP) is 4.23. The molecule has 2 N–H and O–H groups in total. The van der Waals surface area contributed by atoms with Crippen molar-refractivity contribution in [3.8, 4) is 22.5 Å². The van der Waals surface area contributed by atoms with Gasteiger partial charge in [0.05, 0.1) is 22.2 Å². The van der Waals surface area contributed by atoms with Gasteiger partial charge in [-0.25, -0.2) is 0 Å². The Morgan fingerprint density at radius 3 is 2.75 bits per heavy atom. The lowest BCUT2D eigenvalue weighted by molar-refractivity contribution is 0.402. The number of rotatable bonds is 4. The van der Waals surface area contributed by atoms with Crippen LogP contribution in [0.2, 0.25) is 0 Å². The molecular formula is C22H20N6. The van der Waals surface area contributed by atoms with E-state index in [1.54, 1.807) is 6.20 Å². The van der Waals surface area contributed by atoms with Crippen LogP contribution in [0.1, 0.15) is 5.56 Å². The molecule has 0 unspecified atom stereocenters. The third kappa shape index (κ3) is 2.93. The zero-order valence-electron chi connectivity index (χ0n) is 15.8. The Kier molecular flexibility index (Phi) is 3.91. The molecule has 0 atom stereocenters. The molecule has 5 aromatic rings. The van der Waals surface area contributed by atoms with Gasteiger partial charge in [-0.3, -0.25) is 15.1 Å². The Balaban J connectivity index is 1.60. The van der Waals surface area contributed by atoms with Crippen LogP contribution in [0.15, 0.2) is 61.1 Å². The van der Waals surface area contributed by atoms with Gasteiger partial charge in [0, 0.05) is 36.1 Å². The van der Waals surface area contributed by atoms with Gasteiger partial charge in [0.15, 0.2) is 0 Å². The smallest absolute Gasteiger partial charge is 0.116 e. The second-order valence-electron chi connectivity index (χ2n) is 7.27. The summed E-state index contributed by atoms with van der Waals surface area (Å²) in [6, 6.07) is 14.5. The first-order chi connectivity index (χ1) is 13.7. The minimum absolute atomic E-state index is 0.863. The van der Waals surface area contributed by atoms with Gasteiger partial charge in [0.25, 0.3) is 0 Å². The minimum atomic E-state index is 0.863. The molecule has 0 aliphatic carbocycles. The van der Waals surface area contributed by atoms with Crippen molar-refractivity contribution in [2.75, 3.05) is 14.1 Å². The molecule has 0 saturated carbocycles. The summed E-state index contributed by atoms with van der Waals surface area (Å²) in [7, 11) is 4.12. The first-order valence-electron chi connectivity index (χ1n) is 9.19. The molecule has 4 heterocycles. The fourth-order valence-corrected chi connectivity index (χ4v) is 3.58. The van der Waals surface area contributed by atoms with Crippen LogP contribution in [-0.4, -0.2) is 44.1 Å². The highest BCUT2D eigenvalue weighted by atomic mass is 15.1. The van der Waals surface area contributed by atoms with Crippen molar-refractivity contribution in [3.05, 3.63) is 66.6 Å². The summed E-state index contributed by atoms with van der Waals surface area (Å²) >= 11 is 0. The van der Waals surface area contributed by atoms with Gasteiger partial charge in [-0.15, -0.1) is 0 Å². The topological polar surface area (TPSA) is 73.5 Å². The number of H-pyrrole nitrogens is 2. The largest absolute Gasteiger partial charge is 0.352 e. The van der Waals surface area contributed by atoms with Crippen molar-refractivity contribution >= 4 is 21.9 Å². The van der Waals surface area contributed by atoms with Gasteiger partial charge in [-0.2, -0.15) is 5.10 Å². The second kappa shape index (κ2) is 6.58. The lowest BCUT2D eigenvalue weighted by Crippen LogP contribution is -2.10. The number of nitrogens with one attached hydrogen (secondary N) is 2. The number of hydrogen-bond donors (Lipinski definition) is 2. The van der Waals surface area contributed by atoms with E-state index in [0.717, 1.165) is 51.0 Å². The number of aromatic nitrogens is 5. The van der Waals surface area contributed by atoms with Gasteiger partial charge < -0.3 is 9.88 Å². The SMILES string of the molecule is CN(C)Cc1cncc(-c2ccc3[nH]nc(-c4cc5ncccc5[nH]4)c3c2)c1. The summed E-state index contributed by atoms with van der Waals surface area (Å²) in [6.45, 7) is 0.863. The van der Waals surface area contributed by atoms with Crippen LogP contribution in [0, 0.1) is 0 Å². The molecule has 0 aliphatic heterocycles. The zero-order valence-corrected chi connectivity index (χ0v) is 15.8. The molecule has 6 heteroatoms. The van der Waals surface area contributed by atoms with Crippen LogP contribution in [0.3, 0.4) is 0 Å². The zero-order chi connectivity index (χ0) is 19.1. The van der Waals surface area contributed by atoms with Crippen LogP contribution < -0.4 is 0 Å². The molecule has 6 nitrogen and oxygen atoms in total. The highest BCUT2D eigenvalue weighted by Gasteiger charge is 2.13. The summed E-state index contributed by atoms with van der Waals surface area (Å²) in [5.41, 5.74) is 8.21. The van der Waals surface area contributed by atoms with Crippen molar-refractivity contribution in [2.45, 2.75) is 6.54 Å². The normalized spacial score (nSPS) is 11.7.